The molecule has 1 aromatic heterocycles. The Bertz CT molecular complexity index is 1000. The van der Waals surface area contributed by atoms with E-state index in [1.807, 2.05) is 13.8 Å². The van der Waals surface area contributed by atoms with Crippen molar-refractivity contribution in [3.8, 4) is 0 Å². The highest BCUT2D eigenvalue weighted by Crippen LogP contribution is 2.38. The Morgan fingerprint density at radius 2 is 1.94 bits per heavy atom. The van der Waals surface area contributed by atoms with Crippen LogP contribution in [-0.2, 0) is 14.3 Å². The maximum absolute atomic E-state index is 12.9. The molecule has 0 saturated carbocycles. The molecule has 0 radical (unpaired) electrons. The number of ether oxygens (including phenoxy) is 1. The van der Waals surface area contributed by atoms with Crippen molar-refractivity contribution in [2.24, 2.45) is 0 Å². The molecule has 2 heterocycles. The Balaban J connectivity index is 2.00. The number of Topliss-reactive ketones (excluding diaryl/α,β-unsaturated/α-hetero) is 1. The number of benzene rings is 1. The highest BCUT2D eigenvalue weighted by Gasteiger charge is 2.46. The predicted octanol–water partition coefficient (Wildman–Crippen LogP) is 3.23. The van der Waals surface area contributed by atoms with Gasteiger partial charge in [0.15, 0.2) is 0 Å². The molecule has 1 unspecified atom stereocenters. The number of amides is 1. The third kappa shape index (κ3) is 4.77. The number of nitro groups is 1. The first-order valence-corrected chi connectivity index (χ1v) is 9.87. The minimum atomic E-state index is -0.865. The summed E-state index contributed by atoms with van der Waals surface area (Å²) in [4.78, 5) is 41.6. The second-order valence-corrected chi connectivity index (χ2v) is 7.32. The van der Waals surface area contributed by atoms with Crippen molar-refractivity contribution in [2.45, 2.75) is 32.4 Å². The first-order chi connectivity index (χ1) is 14.8. The highest BCUT2D eigenvalue weighted by atomic mass is 16.6. The molecule has 1 fully saturated rings. The number of hydrogen-bond donors (Lipinski definition) is 1. The summed E-state index contributed by atoms with van der Waals surface area (Å²) < 4.78 is 5.52. The Morgan fingerprint density at radius 3 is 2.52 bits per heavy atom. The van der Waals surface area contributed by atoms with Gasteiger partial charge in [-0.1, -0.05) is 6.07 Å². The lowest BCUT2D eigenvalue weighted by Gasteiger charge is -2.24. The number of nitro benzene ring substituents is 1. The number of non-ortho nitro benzene ring substituents is 1. The molecule has 1 aliphatic rings. The maximum atomic E-state index is 12.9. The van der Waals surface area contributed by atoms with E-state index < -0.39 is 28.4 Å². The smallest absolute Gasteiger partial charge is 0.295 e. The molecule has 1 atom stereocenters. The molecule has 2 aromatic rings. The fraction of sp³-hybridized carbons (Fsp3) is 0.318. The summed E-state index contributed by atoms with van der Waals surface area (Å²) in [6, 6.07) is 9.39. The first-order valence-electron chi connectivity index (χ1n) is 9.87. The molecule has 0 bridgehead atoms. The van der Waals surface area contributed by atoms with Crippen LogP contribution in [0.5, 0.6) is 0 Å². The van der Waals surface area contributed by atoms with Gasteiger partial charge in [-0.25, -0.2) is 0 Å². The molecule has 1 amide bonds. The van der Waals surface area contributed by atoms with Crippen LogP contribution in [0, 0.1) is 10.1 Å². The molecule has 3 rings (SSSR count). The van der Waals surface area contributed by atoms with Crippen molar-refractivity contribution in [1.82, 2.24) is 9.88 Å². The van der Waals surface area contributed by atoms with Crippen LogP contribution in [0.2, 0.25) is 0 Å². The van der Waals surface area contributed by atoms with Crippen LogP contribution in [0.25, 0.3) is 5.76 Å². The summed E-state index contributed by atoms with van der Waals surface area (Å²) in [6.07, 6.45) is 2.10. The lowest BCUT2D eigenvalue weighted by molar-refractivity contribution is -0.384. The monoisotopic (exact) mass is 425 g/mol. The predicted molar refractivity (Wildman–Crippen MR) is 112 cm³/mol. The standard InChI is InChI=1S/C22H23N3O6/c1-14(2)31-13-5-12-24-19(17-6-3-4-11-23-17)18(21(27)22(24)28)20(26)15-7-9-16(10-8-15)25(29)30/h3-4,6-11,14,19,26H,5,12-13H2,1-2H3/b20-18-. The molecule has 0 aliphatic carbocycles. The van der Waals surface area contributed by atoms with E-state index in [9.17, 15) is 24.8 Å². The summed E-state index contributed by atoms with van der Waals surface area (Å²) >= 11 is 0. The normalized spacial score (nSPS) is 18.0. The second-order valence-electron chi connectivity index (χ2n) is 7.32. The number of nitrogens with zero attached hydrogens (tertiary/aromatic N) is 3. The average Bonchev–Trinajstić information content (AvgIpc) is 3.01. The van der Waals surface area contributed by atoms with Crippen molar-refractivity contribution in [1.29, 1.82) is 0 Å². The van der Waals surface area contributed by atoms with Crippen molar-refractivity contribution in [3.05, 3.63) is 75.6 Å². The van der Waals surface area contributed by atoms with E-state index in [2.05, 4.69) is 4.98 Å². The zero-order chi connectivity index (χ0) is 22.5. The fourth-order valence-corrected chi connectivity index (χ4v) is 3.41. The first kappa shape index (κ1) is 22.1. The van der Waals surface area contributed by atoms with E-state index >= 15 is 0 Å². The van der Waals surface area contributed by atoms with Gasteiger partial charge in [0, 0.05) is 37.0 Å². The van der Waals surface area contributed by atoms with E-state index in [4.69, 9.17) is 4.74 Å². The van der Waals surface area contributed by atoms with E-state index in [1.54, 1.807) is 24.4 Å². The van der Waals surface area contributed by atoms with Gasteiger partial charge in [-0.15, -0.1) is 0 Å². The number of aromatic nitrogens is 1. The van der Waals surface area contributed by atoms with E-state index in [1.165, 1.54) is 29.2 Å². The van der Waals surface area contributed by atoms with Gasteiger partial charge in [0.1, 0.15) is 11.8 Å². The zero-order valence-corrected chi connectivity index (χ0v) is 17.2. The number of aliphatic hydroxyl groups is 1. The number of pyridine rings is 1. The van der Waals surface area contributed by atoms with Gasteiger partial charge in [0.05, 0.1) is 22.3 Å². The number of rotatable bonds is 8. The van der Waals surface area contributed by atoms with Crippen LogP contribution in [0.1, 0.15) is 37.6 Å². The number of carbonyl (C=O) groups excluding carboxylic acids is 2. The van der Waals surface area contributed by atoms with Crippen LogP contribution < -0.4 is 0 Å². The molecule has 162 valence electrons. The van der Waals surface area contributed by atoms with Gasteiger partial charge in [0.2, 0.25) is 0 Å². The SMILES string of the molecule is CC(C)OCCCN1C(=O)C(=O)/C(=C(\O)c2ccc([N+](=O)[O-])cc2)C1c1ccccn1. The number of aliphatic hydroxyl groups excluding tert-OH is 1. The summed E-state index contributed by atoms with van der Waals surface area (Å²) in [5.41, 5.74) is 0.397. The molecule has 1 saturated heterocycles. The molecule has 9 heteroatoms. The van der Waals surface area contributed by atoms with Crippen LogP contribution in [0.15, 0.2) is 54.2 Å². The fourth-order valence-electron chi connectivity index (χ4n) is 3.41. The molecule has 1 aromatic carbocycles. The molecule has 0 spiro atoms. The van der Waals surface area contributed by atoms with Gasteiger partial charge in [-0.05, 0) is 44.5 Å². The third-order valence-corrected chi connectivity index (χ3v) is 4.85. The van der Waals surface area contributed by atoms with Crippen molar-refractivity contribution in [2.75, 3.05) is 13.2 Å². The van der Waals surface area contributed by atoms with Crippen LogP contribution in [0.4, 0.5) is 5.69 Å². The van der Waals surface area contributed by atoms with Crippen LogP contribution >= 0.6 is 0 Å². The van der Waals surface area contributed by atoms with E-state index in [-0.39, 0.29) is 29.5 Å². The minimum absolute atomic E-state index is 0.0455. The summed E-state index contributed by atoms with van der Waals surface area (Å²) in [7, 11) is 0. The molecule has 1 aliphatic heterocycles. The lowest BCUT2D eigenvalue weighted by Crippen LogP contribution is -2.31. The molecule has 9 nitrogen and oxygen atoms in total. The summed E-state index contributed by atoms with van der Waals surface area (Å²) in [6.45, 7) is 4.47. The number of hydrogen-bond acceptors (Lipinski definition) is 7. The van der Waals surface area contributed by atoms with Gasteiger partial charge in [-0.2, -0.15) is 0 Å². The second kappa shape index (κ2) is 9.48. The minimum Gasteiger partial charge on any atom is -0.507 e. The molecule has 1 N–H and O–H groups in total. The Hall–Kier alpha value is -3.59. The molecular weight excluding hydrogens is 402 g/mol. The third-order valence-electron chi connectivity index (χ3n) is 4.85. The van der Waals surface area contributed by atoms with E-state index in [0.717, 1.165) is 0 Å². The Labute approximate surface area is 179 Å². The van der Waals surface area contributed by atoms with Crippen molar-refractivity contribution in [3.63, 3.8) is 0 Å². The van der Waals surface area contributed by atoms with Gasteiger partial charge in [0.25, 0.3) is 17.4 Å². The largest absolute Gasteiger partial charge is 0.507 e. The number of ketones is 1. The topological polar surface area (TPSA) is 123 Å². The Morgan fingerprint density at radius 1 is 1.23 bits per heavy atom. The van der Waals surface area contributed by atoms with Crippen LogP contribution in [-0.4, -0.2) is 50.9 Å². The van der Waals surface area contributed by atoms with Crippen LogP contribution in [0.3, 0.4) is 0 Å². The summed E-state index contributed by atoms with van der Waals surface area (Å²) in [5.74, 6) is -1.95. The quantitative estimate of drug-likeness (QED) is 0.172. The van der Waals surface area contributed by atoms with Gasteiger partial charge >= 0.3 is 0 Å². The molecule has 31 heavy (non-hydrogen) atoms. The number of carbonyl (C=O) groups is 2. The van der Waals surface area contributed by atoms with Gasteiger partial charge < -0.3 is 14.7 Å². The summed E-state index contributed by atoms with van der Waals surface area (Å²) in [5, 5.41) is 21.8. The van der Waals surface area contributed by atoms with Crippen molar-refractivity contribution < 1.29 is 24.4 Å². The lowest BCUT2D eigenvalue weighted by atomic mass is 9.98. The highest BCUT2D eigenvalue weighted by molar-refractivity contribution is 6.46. The van der Waals surface area contributed by atoms with E-state index in [0.29, 0.717) is 18.7 Å². The average molecular weight is 425 g/mol. The number of likely N-dealkylation sites (tertiary alicyclic amines) is 1. The zero-order valence-electron chi connectivity index (χ0n) is 17.2. The Kier molecular flexibility index (Phi) is 6.76. The van der Waals surface area contributed by atoms with Crippen molar-refractivity contribution >= 4 is 23.1 Å². The molecular formula is C22H23N3O6. The maximum Gasteiger partial charge on any atom is 0.295 e. The van der Waals surface area contributed by atoms with Gasteiger partial charge in [-0.3, -0.25) is 24.7 Å².